The van der Waals surface area contributed by atoms with Gasteiger partial charge in [-0.1, -0.05) is 11.6 Å². The number of hydrogen-bond acceptors (Lipinski definition) is 4. The van der Waals surface area contributed by atoms with Gasteiger partial charge in [-0.15, -0.1) is 0 Å². The summed E-state index contributed by atoms with van der Waals surface area (Å²) in [6.07, 6.45) is 0. The van der Waals surface area contributed by atoms with E-state index < -0.39 is 0 Å². The lowest BCUT2D eigenvalue weighted by atomic mass is 10.2. The first-order chi connectivity index (χ1) is 13.4. The Balaban J connectivity index is 1.98. The molecule has 1 N–H and O–H groups in total. The van der Waals surface area contributed by atoms with Crippen molar-refractivity contribution in [2.45, 2.75) is 20.4 Å². The SMILES string of the molecule is CCNC(=O)c1ccc(Oc2c(C)n(CC(=O)OC)c3ccc(Cl)cc23)cc1. The number of carbonyl (C=O) groups excluding carboxylic acids is 2. The molecule has 0 fully saturated rings. The zero-order valence-corrected chi connectivity index (χ0v) is 16.7. The van der Waals surface area contributed by atoms with Crippen LogP contribution in [-0.4, -0.2) is 30.1 Å². The van der Waals surface area contributed by atoms with Gasteiger partial charge in [0.25, 0.3) is 5.91 Å². The maximum absolute atomic E-state index is 11.9. The number of methoxy groups -OCH3 is 1. The first kappa shape index (κ1) is 19.8. The highest BCUT2D eigenvalue weighted by atomic mass is 35.5. The van der Waals surface area contributed by atoms with Crippen LogP contribution in [0.3, 0.4) is 0 Å². The normalized spacial score (nSPS) is 10.7. The minimum atomic E-state index is -0.354. The van der Waals surface area contributed by atoms with Gasteiger partial charge in [0.05, 0.1) is 18.3 Å². The second-order valence-corrected chi connectivity index (χ2v) is 6.66. The molecule has 1 amide bonds. The van der Waals surface area contributed by atoms with Crippen LogP contribution >= 0.6 is 11.6 Å². The average Bonchev–Trinajstić information content (AvgIpc) is 2.93. The number of hydrogen-bond donors (Lipinski definition) is 1. The van der Waals surface area contributed by atoms with Crippen molar-refractivity contribution in [2.24, 2.45) is 0 Å². The molecule has 0 aliphatic heterocycles. The molecule has 0 aliphatic rings. The number of aromatic nitrogens is 1. The van der Waals surface area contributed by atoms with Crippen LogP contribution < -0.4 is 10.1 Å². The molecular formula is C21H21ClN2O4. The summed E-state index contributed by atoms with van der Waals surface area (Å²) in [7, 11) is 1.36. The van der Waals surface area contributed by atoms with E-state index >= 15 is 0 Å². The largest absolute Gasteiger partial charge is 0.468 e. The number of amides is 1. The summed E-state index contributed by atoms with van der Waals surface area (Å²) in [5, 5.41) is 4.12. The maximum Gasteiger partial charge on any atom is 0.325 e. The fourth-order valence-electron chi connectivity index (χ4n) is 3.00. The van der Waals surface area contributed by atoms with E-state index in [4.69, 9.17) is 21.1 Å². The van der Waals surface area contributed by atoms with Crippen LogP contribution in [-0.2, 0) is 16.1 Å². The molecule has 146 valence electrons. The summed E-state index contributed by atoms with van der Waals surface area (Å²) in [6.45, 7) is 4.37. The average molecular weight is 401 g/mol. The molecule has 0 unspecified atom stereocenters. The summed E-state index contributed by atoms with van der Waals surface area (Å²) in [5.41, 5.74) is 2.15. The van der Waals surface area contributed by atoms with Crippen molar-refractivity contribution in [1.82, 2.24) is 9.88 Å². The molecule has 28 heavy (non-hydrogen) atoms. The van der Waals surface area contributed by atoms with Gasteiger partial charge in [-0.3, -0.25) is 9.59 Å². The third kappa shape index (κ3) is 3.97. The lowest BCUT2D eigenvalue weighted by Crippen LogP contribution is -2.22. The summed E-state index contributed by atoms with van der Waals surface area (Å²) < 4.78 is 12.7. The summed E-state index contributed by atoms with van der Waals surface area (Å²) in [5.74, 6) is 0.694. The van der Waals surface area contributed by atoms with Gasteiger partial charge in [0.2, 0.25) is 0 Å². The zero-order chi connectivity index (χ0) is 20.3. The molecule has 1 aromatic heterocycles. The highest BCUT2D eigenvalue weighted by Crippen LogP contribution is 2.37. The Morgan fingerprint density at radius 3 is 2.50 bits per heavy atom. The third-order valence-electron chi connectivity index (χ3n) is 4.42. The number of esters is 1. The molecule has 2 aromatic carbocycles. The smallest absolute Gasteiger partial charge is 0.325 e. The molecule has 0 atom stereocenters. The van der Waals surface area contributed by atoms with E-state index in [1.807, 2.05) is 24.5 Å². The quantitative estimate of drug-likeness (QED) is 0.625. The maximum atomic E-state index is 11.9. The van der Waals surface area contributed by atoms with Crippen LogP contribution in [0.1, 0.15) is 23.0 Å². The van der Waals surface area contributed by atoms with Crippen molar-refractivity contribution in [3.05, 3.63) is 58.7 Å². The van der Waals surface area contributed by atoms with Crippen LogP contribution in [0, 0.1) is 6.92 Å². The summed E-state index contributed by atoms with van der Waals surface area (Å²) in [6, 6.07) is 12.3. The molecule has 0 bridgehead atoms. The van der Waals surface area contributed by atoms with Gasteiger partial charge < -0.3 is 19.4 Å². The van der Waals surface area contributed by atoms with Crippen LogP contribution in [0.15, 0.2) is 42.5 Å². The lowest BCUT2D eigenvalue weighted by Gasteiger charge is -2.09. The highest BCUT2D eigenvalue weighted by Gasteiger charge is 2.19. The molecule has 6 nitrogen and oxygen atoms in total. The molecule has 1 heterocycles. The van der Waals surface area contributed by atoms with Crippen LogP contribution in [0.5, 0.6) is 11.5 Å². The van der Waals surface area contributed by atoms with Gasteiger partial charge in [0.1, 0.15) is 12.3 Å². The van der Waals surface area contributed by atoms with E-state index in [0.29, 0.717) is 28.6 Å². The fraction of sp³-hybridized carbons (Fsp3) is 0.238. The van der Waals surface area contributed by atoms with Crippen molar-refractivity contribution < 1.29 is 19.1 Å². The highest BCUT2D eigenvalue weighted by molar-refractivity contribution is 6.31. The second kappa shape index (κ2) is 8.35. The topological polar surface area (TPSA) is 69.6 Å². The number of carbonyl (C=O) groups is 2. The van der Waals surface area contributed by atoms with Crippen LogP contribution in [0.25, 0.3) is 10.9 Å². The Morgan fingerprint density at radius 2 is 1.86 bits per heavy atom. The van der Waals surface area contributed by atoms with Gasteiger partial charge in [-0.2, -0.15) is 0 Å². The van der Waals surface area contributed by atoms with Gasteiger partial charge in [0, 0.05) is 22.5 Å². The van der Waals surface area contributed by atoms with Crippen molar-refractivity contribution >= 4 is 34.4 Å². The van der Waals surface area contributed by atoms with Gasteiger partial charge in [-0.25, -0.2) is 0 Å². The molecule has 0 saturated carbocycles. The summed E-state index contributed by atoms with van der Waals surface area (Å²) >= 11 is 6.17. The molecule has 7 heteroatoms. The zero-order valence-electron chi connectivity index (χ0n) is 15.9. The standard InChI is InChI=1S/C21H21ClN2O4/c1-4-23-21(26)14-5-8-16(9-6-14)28-20-13(2)24(12-19(25)27-3)18-10-7-15(22)11-17(18)20/h5-11H,4,12H2,1-3H3,(H,23,26). The first-order valence-electron chi connectivity index (χ1n) is 8.85. The van der Waals surface area contributed by atoms with E-state index in [2.05, 4.69) is 5.32 Å². The first-order valence-corrected chi connectivity index (χ1v) is 9.23. The Kier molecular flexibility index (Phi) is 5.90. The van der Waals surface area contributed by atoms with Crippen molar-refractivity contribution in [3.63, 3.8) is 0 Å². The van der Waals surface area contributed by atoms with Gasteiger partial charge in [0.15, 0.2) is 5.75 Å². The second-order valence-electron chi connectivity index (χ2n) is 6.22. The third-order valence-corrected chi connectivity index (χ3v) is 4.65. The summed E-state index contributed by atoms with van der Waals surface area (Å²) in [4.78, 5) is 23.7. The van der Waals surface area contributed by atoms with E-state index in [1.54, 1.807) is 36.4 Å². The Bertz CT molecular complexity index is 1030. The molecule has 0 radical (unpaired) electrons. The van der Waals surface area contributed by atoms with E-state index in [9.17, 15) is 9.59 Å². The number of fused-ring (bicyclic) bond motifs is 1. The number of rotatable bonds is 6. The van der Waals surface area contributed by atoms with Gasteiger partial charge >= 0.3 is 5.97 Å². The molecule has 0 aliphatic carbocycles. The molecule has 3 aromatic rings. The minimum Gasteiger partial charge on any atom is -0.468 e. The van der Waals surface area contributed by atoms with Crippen LogP contribution in [0.2, 0.25) is 5.02 Å². The number of nitrogens with zero attached hydrogens (tertiary/aromatic N) is 1. The van der Waals surface area contributed by atoms with E-state index in [0.717, 1.165) is 16.6 Å². The van der Waals surface area contributed by atoms with Gasteiger partial charge in [-0.05, 0) is 56.3 Å². The predicted octanol–water partition coefficient (Wildman–Crippen LogP) is 4.32. The fourth-order valence-corrected chi connectivity index (χ4v) is 3.18. The minimum absolute atomic E-state index is 0.0694. The van der Waals surface area contributed by atoms with Crippen LogP contribution in [0.4, 0.5) is 0 Å². The monoisotopic (exact) mass is 400 g/mol. The molecule has 0 spiro atoms. The molecule has 3 rings (SSSR count). The Morgan fingerprint density at radius 1 is 1.14 bits per heavy atom. The number of halogens is 1. The molecular weight excluding hydrogens is 380 g/mol. The predicted molar refractivity (Wildman–Crippen MR) is 108 cm³/mol. The van der Waals surface area contributed by atoms with Crippen molar-refractivity contribution in [3.8, 4) is 11.5 Å². The molecule has 0 saturated heterocycles. The van der Waals surface area contributed by atoms with Crippen molar-refractivity contribution in [1.29, 1.82) is 0 Å². The number of benzene rings is 2. The number of ether oxygens (including phenoxy) is 2. The number of nitrogens with one attached hydrogen (secondary N) is 1. The van der Waals surface area contributed by atoms with Crippen molar-refractivity contribution in [2.75, 3.05) is 13.7 Å². The van der Waals surface area contributed by atoms with E-state index in [1.165, 1.54) is 7.11 Å². The van der Waals surface area contributed by atoms with E-state index in [-0.39, 0.29) is 18.4 Å². The Hall–Kier alpha value is -2.99. The lowest BCUT2D eigenvalue weighted by molar-refractivity contribution is -0.141. The Labute approximate surface area is 168 Å².